The first-order chi connectivity index (χ1) is 18.5. The number of benzene rings is 4. The van der Waals surface area contributed by atoms with Crippen molar-refractivity contribution < 1.29 is 23.5 Å². The van der Waals surface area contributed by atoms with E-state index in [1.807, 2.05) is 35.2 Å². The number of methoxy groups -OCH3 is 1. The first-order valence-corrected chi connectivity index (χ1v) is 12.6. The number of para-hydroxylation sites is 1. The molecule has 0 N–H and O–H groups in total. The van der Waals surface area contributed by atoms with Gasteiger partial charge in [-0.3, -0.25) is 4.79 Å². The molecule has 0 heterocycles. The van der Waals surface area contributed by atoms with Crippen LogP contribution in [-0.4, -0.2) is 30.4 Å². The maximum atomic E-state index is 14.0. The molecule has 1 aliphatic rings. The molecule has 2 atom stereocenters. The Bertz CT molecular complexity index is 1400. The van der Waals surface area contributed by atoms with E-state index >= 15 is 0 Å². The Labute approximate surface area is 221 Å². The first-order valence-electron chi connectivity index (χ1n) is 12.6. The van der Waals surface area contributed by atoms with E-state index in [9.17, 15) is 14.0 Å². The summed E-state index contributed by atoms with van der Waals surface area (Å²) in [5.74, 6) is 0.440. The minimum Gasteiger partial charge on any atom is -0.465 e. The normalized spacial score (nSPS) is 15.9. The standard InChI is InChI=1S/C32H28FNO4/c1-37-32(36)25-13-11-22(12-14-25)20-34(21-26-19-28(26)23-7-3-2-4-8-23)31(35)24-15-17-27(18-16-24)38-30-10-6-5-9-29(30)33/h2-18,26,28H,19-21H2,1H3. The third kappa shape index (κ3) is 5.92. The van der Waals surface area contributed by atoms with E-state index in [1.165, 1.54) is 18.7 Å². The van der Waals surface area contributed by atoms with Gasteiger partial charge in [-0.1, -0.05) is 54.6 Å². The van der Waals surface area contributed by atoms with Crippen LogP contribution >= 0.6 is 0 Å². The minimum absolute atomic E-state index is 0.0989. The molecule has 4 aromatic rings. The highest BCUT2D eigenvalue weighted by molar-refractivity contribution is 5.94. The summed E-state index contributed by atoms with van der Waals surface area (Å²) in [4.78, 5) is 27.3. The summed E-state index contributed by atoms with van der Waals surface area (Å²) < 4.78 is 24.4. The number of amides is 1. The fourth-order valence-electron chi connectivity index (χ4n) is 4.65. The monoisotopic (exact) mass is 509 g/mol. The molecule has 0 bridgehead atoms. The molecule has 0 radical (unpaired) electrons. The second-order valence-corrected chi connectivity index (χ2v) is 9.44. The second kappa shape index (κ2) is 11.3. The molecule has 0 saturated heterocycles. The Hall–Kier alpha value is -4.45. The Kier molecular flexibility index (Phi) is 7.50. The number of ether oxygens (including phenoxy) is 2. The number of carbonyl (C=O) groups is 2. The van der Waals surface area contributed by atoms with Crippen LogP contribution in [0.3, 0.4) is 0 Å². The largest absolute Gasteiger partial charge is 0.465 e. The maximum absolute atomic E-state index is 14.0. The van der Waals surface area contributed by atoms with E-state index in [2.05, 4.69) is 12.1 Å². The molecular weight excluding hydrogens is 481 g/mol. The fraction of sp³-hybridized carbons (Fsp3) is 0.188. The van der Waals surface area contributed by atoms with Crippen molar-refractivity contribution in [1.82, 2.24) is 4.90 Å². The number of rotatable bonds is 9. The van der Waals surface area contributed by atoms with Crippen LogP contribution < -0.4 is 4.74 Å². The third-order valence-electron chi connectivity index (χ3n) is 6.81. The van der Waals surface area contributed by atoms with Gasteiger partial charge >= 0.3 is 5.97 Å². The van der Waals surface area contributed by atoms with E-state index < -0.39 is 11.8 Å². The van der Waals surface area contributed by atoms with E-state index in [4.69, 9.17) is 9.47 Å². The molecule has 1 amide bonds. The lowest BCUT2D eigenvalue weighted by molar-refractivity contribution is 0.0600. The number of hydrogen-bond acceptors (Lipinski definition) is 4. The molecule has 192 valence electrons. The lowest BCUT2D eigenvalue weighted by atomic mass is 10.1. The van der Waals surface area contributed by atoms with Crippen molar-refractivity contribution >= 4 is 11.9 Å². The molecule has 1 fully saturated rings. The summed E-state index contributed by atoms with van der Waals surface area (Å²) in [5, 5.41) is 0. The van der Waals surface area contributed by atoms with Crippen molar-refractivity contribution in [2.24, 2.45) is 5.92 Å². The van der Waals surface area contributed by atoms with Crippen LogP contribution in [0.25, 0.3) is 0 Å². The Morgan fingerprint density at radius 2 is 1.50 bits per heavy atom. The van der Waals surface area contributed by atoms with Crippen LogP contribution in [0, 0.1) is 11.7 Å². The van der Waals surface area contributed by atoms with Gasteiger partial charge in [0.15, 0.2) is 11.6 Å². The second-order valence-electron chi connectivity index (χ2n) is 9.44. The van der Waals surface area contributed by atoms with Gasteiger partial charge in [-0.2, -0.15) is 0 Å². The van der Waals surface area contributed by atoms with Crippen molar-refractivity contribution in [2.75, 3.05) is 13.7 Å². The Balaban J connectivity index is 1.33. The van der Waals surface area contributed by atoms with Crippen LogP contribution in [0.2, 0.25) is 0 Å². The van der Waals surface area contributed by atoms with Crippen molar-refractivity contribution in [3.8, 4) is 11.5 Å². The predicted molar refractivity (Wildman–Crippen MR) is 143 cm³/mol. The number of nitrogens with zero attached hydrogens (tertiary/aromatic N) is 1. The summed E-state index contributed by atoms with van der Waals surface area (Å²) in [6, 6.07) is 30.4. The number of esters is 1. The van der Waals surface area contributed by atoms with Crippen LogP contribution in [0.4, 0.5) is 4.39 Å². The van der Waals surface area contributed by atoms with Gasteiger partial charge in [0, 0.05) is 18.7 Å². The third-order valence-corrected chi connectivity index (χ3v) is 6.81. The van der Waals surface area contributed by atoms with E-state index in [0.29, 0.717) is 41.8 Å². The average molecular weight is 510 g/mol. The average Bonchev–Trinajstić information content (AvgIpc) is 3.73. The zero-order valence-electron chi connectivity index (χ0n) is 21.0. The zero-order chi connectivity index (χ0) is 26.5. The molecule has 2 unspecified atom stereocenters. The Morgan fingerprint density at radius 1 is 0.842 bits per heavy atom. The van der Waals surface area contributed by atoms with Gasteiger partial charge in [0.05, 0.1) is 12.7 Å². The van der Waals surface area contributed by atoms with Gasteiger partial charge in [-0.15, -0.1) is 0 Å². The molecule has 38 heavy (non-hydrogen) atoms. The molecule has 1 aliphatic carbocycles. The molecule has 1 saturated carbocycles. The van der Waals surface area contributed by atoms with E-state index in [0.717, 1.165) is 12.0 Å². The van der Waals surface area contributed by atoms with Crippen LogP contribution in [0.15, 0.2) is 103 Å². The van der Waals surface area contributed by atoms with Crippen molar-refractivity contribution in [3.63, 3.8) is 0 Å². The lowest BCUT2D eigenvalue weighted by Gasteiger charge is -2.24. The zero-order valence-corrected chi connectivity index (χ0v) is 21.0. The van der Waals surface area contributed by atoms with Crippen molar-refractivity contribution in [1.29, 1.82) is 0 Å². The summed E-state index contributed by atoms with van der Waals surface area (Å²) in [6.45, 7) is 1.02. The van der Waals surface area contributed by atoms with Gasteiger partial charge in [-0.05, 0) is 77.9 Å². The van der Waals surface area contributed by atoms with Gasteiger partial charge in [0.2, 0.25) is 0 Å². The highest BCUT2D eigenvalue weighted by atomic mass is 19.1. The highest BCUT2D eigenvalue weighted by Crippen LogP contribution is 2.48. The minimum atomic E-state index is -0.450. The van der Waals surface area contributed by atoms with Gasteiger partial charge < -0.3 is 14.4 Å². The number of carbonyl (C=O) groups excluding carboxylic acids is 2. The molecule has 0 spiro atoms. The van der Waals surface area contributed by atoms with Gasteiger partial charge in [0.25, 0.3) is 5.91 Å². The van der Waals surface area contributed by atoms with Crippen molar-refractivity contribution in [3.05, 3.63) is 131 Å². The summed E-state index contributed by atoms with van der Waals surface area (Å²) >= 11 is 0. The van der Waals surface area contributed by atoms with E-state index in [1.54, 1.807) is 54.6 Å². The topological polar surface area (TPSA) is 55.8 Å². The molecule has 0 aliphatic heterocycles. The summed E-state index contributed by atoms with van der Waals surface area (Å²) in [7, 11) is 1.35. The molecule has 5 nitrogen and oxygen atoms in total. The highest BCUT2D eigenvalue weighted by Gasteiger charge is 2.40. The summed E-state index contributed by atoms with van der Waals surface area (Å²) in [5.41, 5.74) is 3.20. The smallest absolute Gasteiger partial charge is 0.337 e. The maximum Gasteiger partial charge on any atom is 0.337 e. The van der Waals surface area contributed by atoms with Gasteiger partial charge in [-0.25, -0.2) is 9.18 Å². The molecule has 5 rings (SSSR count). The number of halogens is 1. The quantitative estimate of drug-likeness (QED) is 0.232. The predicted octanol–water partition coefficient (Wildman–Crippen LogP) is 6.85. The Morgan fingerprint density at radius 3 is 2.18 bits per heavy atom. The lowest BCUT2D eigenvalue weighted by Crippen LogP contribution is -2.32. The SMILES string of the molecule is COC(=O)c1ccc(CN(CC2CC2c2ccccc2)C(=O)c2ccc(Oc3ccccc3F)cc2)cc1. The van der Waals surface area contributed by atoms with E-state index in [-0.39, 0.29) is 11.7 Å². The van der Waals surface area contributed by atoms with Crippen LogP contribution in [-0.2, 0) is 11.3 Å². The molecule has 0 aromatic heterocycles. The van der Waals surface area contributed by atoms with Crippen LogP contribution in [0.5, 0.6) is 11.5 Å². The van der Waals surface area contributed by atoms with Gasteiger partial charge in [0.1, 0.15) is 5.75 Å². The van der Waals surface area contributed by atoms with Crippen LogP contribution in [0.1, 0.15) is 44.2 Å². The number of hydrogen-bond donors (Lipinski definition) is 0. The molecular formula is C32H28FNO4. The fourth-order valence-corrected chi connectivity index (χ4v) is 4.65. The first kappa shape index (κ1) is 25.2. The molecule has 4 aromatic carbocycles. The summed E-state index contributed by atoms with van der Waals surface area (Å²) in [6.07, 6.45) is 1.03. The van der Waals surface area contributed by atoms with Crippen molar-refractivity contribution in [2.45, 2.75) is 18.9 Å². The molecule has 6 heteroatoms.